The smallest absolute Gasteiger partial charge is 0.328 e. The summed E-state index contributed by atoms with van der Waals surface area (Å²) in [6.07, 6.45) is 0. The number of nitrogens with two attached hydrogens (primary N) is 1. The summed E-state index contributed by atoms with van der Waals surface area (Å²) >= 11 is 5.79. The summed E-state index contributed by atoms with van der Waals surface area (Å²) < 4.78 is 19.8. The molecule has 0 bridgehead atoms. The third-order valence-electron chi connectivity index (χ3n) is 3.14. The van der Waals surface area contributed by atoms with Crippen molar-refractivity contribution in [3.05, 3.63) is 46.0 Å². The first-order chi connectivity index (χ1) is 9.90. The highest BCUT2D eigenvalue weighted by Crippen LogP contribution is 2.20. The summed E-state index contributed by atoms with van der Waals surface area (Å²) in [5, 5.41) is 4.10. The average molecular weight is 312 g/mol. The fourth-order valence-corrected chi connectivity index (χ4v) is 2.03. The van der Waals surface area contributed by atoms with Crippen LogP contribution in [-0.4, -0.2) is 15.7 Å². The lowest BCUT2D eigenvalue weighted by Crippen LogP contribution is -2.16. The number of carbonyl (C=O) groups excluding carboxylic acids is 1. The normalized spacial score (nSPS) is 10.7. The van der Waals surface area contributed by atoms with Crippen LogP contribution in [0.3, 0.4) is 0 Å². The van der Waals surface area contributed by atoms with Crippen molar-refractivity contribution < 1.29 is 13.9 Å². The van der Waals surface area contributed by atoms with E-state index >= 15 is 0 Å². The molecule has 0 fully saturated rings. The Kier molecular flexibility index (Phi) is 4.47. The van der Waals surface area contributed by atoms with Crippen LogP contribution in [0.1, 0.15) is 17.0 Å². The number of nitrogen functional groups attached to an aromatic ring is 1. The molecule has 112 valence electrons. The maximum absolute atomic E-state index is 13.3. The Morgan fingerprint density at radius 2 is 2.19 bits per heavy atom. The van der Waals surface area contributed by atoms with Crippen molar-refractivity contribution in [3.63, 3.8) is 0 Å². The third-order valence-corrected chi connectivity index (χ3v) is 3.56. The van der Waals surface area contributed by atoms with Gasteiger partial charge in [0.05, 0.1) is 22.1 Å². The zero-order valence-electron chi connectivity index (χ0n) is 11.7. The quantitative estimate of drug-likeness (QED) is 0.881. The van der Waals surface area contributed by atoms with Gasteiger partial charge in [-0.25, -0.2) is 4.39 Å². The first-order valence-electron chi connectivity index (χ1n) is 6.28. The maximum Gasteiger partial charge on any atom is 0.328 e. The number of esters is 1. The van der Waals surface area contributed by atoms with Gasteiger partial charge in [-0.1, -0.05) is 23.7 Å². The predicted octanol–water partition coefficient (Wildman–Crippen LogP) is 2.62. The number of aromatic nitrogens is 2. The number of anilines is 1. The third kappa shape index (κ3) is 3.33. The van der Waals surface area contributed by atoms with Gasteiger partial charge in [0.2, 0.25) is 0 Å². The molecular weight excluding hydrogens is 297 g/mol. The van der Waals surface area contributed by atoms with Crippen molar-refractivity contribution in [1.82, 2.24) is 9.78 Å². The molecule has 0 aliphatic rings. The molecule has 21 heavy (non-hydrogen) atoms. The second-order valence-electron chi connectivity index (χ2n) is 4.62. The molecule has 2 rings (SSSR count). The second kappa shape index (κ2) is 6.13. The van der Waals surface area contributed by atoms with Crippen LogP contribution in [0.4, 0.5) is 10.1 Å². The summed E-state index contributed by atoms with van der Waals surface area (Å²) in [5.41, 5.74) is 8.11. The van der Waals surface area contributed by atoms with Crippen LogP contribution < -0.4 is 5.73 Å². The average Bonchev–Trinajstić information content (AvgIpc) is 2.68. The van der Waals surface area contributed by atoms with Crippen molar-refractivity contribution in [2.45, 2.75) is 27.0 Å². The molecule has 7 heteroatoms. The highest BCUT2D eigenvalue weighted by atomic mass is 35.5. The van der Waals surface area contributed by atoms with Gasteiger partial charge in [-0.3, -0.25) is 9.48 Å². The van der Waals surface area contributed by atoms with Crippen LogP contribution in [0.2, 0.25) is 5.02 Å². The van der Waals surface area contributed by atoms with Crippen LogP contribution >= 0.6 is 11.6 Å². The number of rotatable bonds is 4. The largest absolute Gasteiger partial charge is 0.459 e. The maximum atomic E-state index is 13.3. The van der Waals surface area contributed by atoms with Gasteiger partial charge in [0.15, 0.2) is 0 Å². The predicted molar refractivity (Wildman–Crippen MR) is 77.3 cm³/mol. The molecule has 0 aliphatic carbocycles. The van der Waals surface area contributed by atoms with Crippen molar-refractivity contribution in [1.29, 1.82) is 0 Å². The van der Waals surface area contributed by atoms with Gasteiger partial charge in [0.25, 0.3) is 0 Å². The molecule has 0 atom stereocenters. The Labute approximate surface area is 126 Å². The van der Waals surface area contributed by atoms with Gasteiger partial charge >= 0.3 is 5.97 Å². The molecule has 0 saturated heterocycles. The number of carbonyl (C=O) groups is 1. The van der Waals surface area contributed by atoms with Crippen LogP contribution in [0.15, 0.2) is 18.2 Å². The van der Waals surface area contributed by atoms with Gasteiger partial charge in [-0.2, -0.15) is 5.10 Å². The van der Waals surface area contributed by atoms with Crippen molar-refractivity contribution in [3.8, 4) is 0 Å². The lowest BCUT2D eigenvalue weighted by molar-refractivity contribution is -0.145. The molecule has 1 aromatic heterocycles. The number of hydrogen-bond acceptors (Lipinski definition) is 4. The fraction of sp³-hybridized carbons (Fsp3) is 0.286. The van der Waals surface area contributed by atoms with Gasteiger partial charge in [-0.05, 0) is 19.9 Å². The van der Waals surface area contributed by atoms with E-state index in [0.717, 1.165) is 0 Å². The SMILES string of the molecule is Cc1nn(CC(=O)OCc2cccc(F)c2Cl)c(C)c1N. The molecule has 0 amide bonds. The highest BCUT2D eigenvalue weighted by molar-refractivity contribution is 6.31. The topological polar surface area (TPSA) is 70.1 Å². The number of benzene rings is 1. The number of hydrogen-bond donors (Lipinski definition) is 1. The van der Waals surface area contributed by atoms with Crippen LogP contribution in [0.5, 0.6) is 0 Å². The number of aryl methyl sites for hydroxylation is 1. The summed E-state index contributed by atoms with van der Waals surface area (Å²) in [6.45, 7) is 3.38. The Bertz CT molecular complexity index is 685. The Hall–Kier alpha value is -2.08. The summed E-state index contributed by atoms with van der Waals surface area (Å²) in [4.78, 5) is 11.8. The summed E-state index contributed by atoms with van der Waals surface area (Å²) in [5.74, 6) is -1.04. The van der Waals surface area contributed by atoms with E-state index in [0.29, 0.717) is 22.6 Å². The van der Waals surface area contributed by atoms with Gasteiger partial charge in [0.1, 0.15) is 19.0 Å². The van der Waals surface area contributed by atoms with Gasteiger partial charge in [-0.15, -0.1) is 0 Å². The minimum atomic E-state index is -0.545. The van der Waals surface area contributed by atoms with Crippen LogP contribution in [0.25, 0.3) is 0 Å². The van der Waals surface area contributed by atoms with E-state index in [9.17, 15) is 9.18 Å². The molecule has 2 aromatic rings. The Morgan fingerprint density at radius 3 is 2.81 bits per heavy atom. The van der Waals surface area contributed by atoms with E-state index in [1.165, 1.54) is 16.8 Å². The molecule has 0 saturated carbocycles. The van der Waals surface area contributed by atoms with Crippen LogP contribution in [-0.2, 0) is 22.7 Å². The van der Waals surface area contributed by atoms with Gasteiger partial charge in [0, 0.05) is 5.56 Å². The molecule has 0 unspecified atom stereocenters. The van der Waals surface area contributed by atoms with Crippen molar-refractivity contribution in [2.75, 3.05) is 5.73 Å². The summed E-state index contributed by atoms with van der Waals surface area (Å²) in [7, 11) is 0. The molecule has 1 aromatic carbocycles. The zero-order valence-corrected chi connectivity index (χ0v) is 12.4. The van der Waals surface area contributed by atoms with E-state index in [-0.39, 0.29) is 18.2 Å². The molecular formula is C14H15ClFN3O2. The molecule has 0 aliphatic heterocycles. The number of nitrogens with zero attached hydrogens (tertiary/aromatic N) is 2. The van der Waals surface area contributed by atoms with E-state index in [2.05, 4.69) is 5.10 Å². The molecule has 2 N–H and O–H groups in total. The standard InChI is InChI=1S/C14H15ClFN3O2/c1-8-14(17)9(2)19(18-8)6-12(20)21-7-10-4-3-5-11(16)13(10)15/h3-5H,6-7,17H2,1-2H3. The van der Waals surface area contributed by atoms with E-state index in [1.807, 2.05) is 0 Å². The van der Waals surface area contributed by atoms with E-state index < -0.39 is 11.8 Å². The Morgan fingerprint density at radius 1 is 1.48 bits per heavy atom. The molecule has 1 heterocycles. The highest BCUT2D eigenvalue weighted by Gasteiger charge is 2.13. The zero-order chi connectivity index (χ0) is 15.6. The first-order valence-corrected chi connectivity index (χ1v) is 6.66. The summed E-state index contributed by atoms with van der Waals surface area (Å²) in [6, 6.07) is 4.35. The molecule has 0 radical (unpaired) electrons. The molecule has 5 nitrogen and oxygen atoms in total. The van der Waals surface area contributed by atoms with Crippen molar-refractivity contribution >= 4 is 23.3 Å². The van der Waals surface area contributed by atoms with E-state index in [1.54, 1.807) is 19.9 Å². The van der Waals surface area contributed by atoms with E-state index in [4.69, 9.17) is 22.1 Å². The lowest BCUT2D eigenvalue weighted by Gasteiger charge is -2.08. The Balaban J connectivity index is 1.99. The number of halogens is 2. The molecule has 0 spiro atoms. The van der Waals surface area contributed by atoms with Crippen molar-refractivity contribution in [2.24, 2.45) is 0 Å². The first kappa shape index (κ1) is 15.3. The fourth-order valence-electron chi connectivity index (χ4n) is 1.85. The van der Waals surface area contributed by atoms with Crippen LogP contribution in [0, 0.1) is 19.7 Å². The lowest BCUT2D eigenvalue weighted by atomic mass is 10.2. The second-order valence-corrected chi connectivity index (χ2v) is 4.99. The number of ether oxygens (including phenoxy) is 1. The monoisotopic (exact) mass is 311 g/mol. The minimum absolute atomic E-state index is 0.0411. The minimum Gasteiger partial charge on any atom is -0.459 e. The van der Waals surface area contributed by atoms with Gasteiger partial charge < -0.3 is 10.5 Å².